The second-order valence-electron chi connectivity index (χ2n) is 9.57. The van der Waals surface area contributed by atoms with Gasteiger partial charge in [0.25, 0.3) is 0 Å². The number of hydrogen-bond acceptors (Lipinski definition) is 3. The largest absolute Gasteiger partial charge is 0.361 e. The van der Waals surface area contributed by atoms with E-state index < -0.39 is 6.04 Å². The molecule has 2 fully saturated rings. The molecule has 2 aromatic rings. The maximum Gasteiger partial charge on any atom is 0.245 e. The highest BCUT2D eigenvalue weighted by atomic mass is 16.2. The van der Waals surface area contributed by atoms with Crippen molar-refractivity contribution in [3.05, 3.63) is 36.0 Å². The van der Waals surface area contributed by atoms with Crippen molar-refractivity contribution in [2.75, 3.05) is 26.2 Å². The van der Waals surface area contributed by atoms with Crippen LogP contribution in [0.15, 0.2) is 30.5 Å². The Labute approximate surface area is 195 Å². The molecule has 2 heterocycles. The molecule has 2 aliphatic rings. The molecule has 1 aromatic carbocycles. The number of carbonyl (C=O) groups is 3. The third kappa shape index (κ3) is 5.95. The highest BCUT2D eigenvalue weighted by Crippen LogP contribution is 2.27. The summed E-state index contributed by atoms with van der Waals surface area (Å²) in [4.78, 5) is 44.8. The van der Waals surface area contributed by atoms with E-state index in [-0.39, 0.29) is 17.7 Å². The van der Waals surface area contributed by atoms with Crippen molar-refractivity contribution < 1.29 is 14.4 Å². The minimum Gasteiger partial charge on any atom is -0.361 e. The van der Waals surface area contributed by atoms with E-state index in [0.29, 0.717) is 44.9 Å². The quantitative estimate of drug-likeness (QED) is 0.676. The molecule has 0 bridgehead atoms. The average molecular weight is 453 g/mol. The molecule has 2 N–H and O–H groups in total. The minimum absolute atomic E-state index is 0.0789. The second-order valence-corrected chi connectivity index (χ2v) is 9.57. The molecule has 3 amide bonds. The SMILES string of the molecule is CC(=O)NC(Cc1c[nH]c2ccccc12)C(=O)N1CCN(C(=O)CCC2CCCCC2)CC1. The van der Waals surface area contributed by atoms with Crippen molar-refractivity contribution in [3.8, 4) is 0 Å². The van der Waals surface area contributed by atoms with Crippen molar-refractivity contribution in [1.29, 1.82) is 0 Å². The van der Waals surface area contributed by atoms with Gasteiger partial charge in [-0.3, -0.25) is 14.4 Å². The number of nitrogens with zero attached hydrogens (tertiary/aromatic N) is 2. The number of nitrogens with one attached hydrogen (secondary N) is 2. The number of aromatic amines is 1. The van der Waals surface area contributed by atoms with Crippen LogP contribution in [0.2, 0.25) is 0 Å². The summed E-state index contributed by atoms with van der Waals surface area (Å²) in [7, 11) is 0. The van der Waals surface area contributed by atoms with Gasteiger partial charge in [-0.25, -0.2) is 0 Å². The van der Waals surface area contributed by atoms with E-state index in [0.717, 1.165) is 22.9 Å². The zero-order valence-corrected chi connectivity index (χ0v) is 19.6. The van der Waals surface area contributed by atoms with Gasteiger partial charge in [-0.1, -0.05) is 50.3 Å². The summed E-state index contributed by atoms with van der Waals surface area (Å²) >= 11 is 0. The fourth-order valence-electron chi connectivity index (χ4n) is 5.32. The summed E-state index contributed by atoms with van der Waals surface area (Å²) in [6.45, 7) is 3.60. The van der Waals surface area contributed by atoms with Gasteiger partial charge in [-0.2, -0.15) is 0 Å². The highest BCUT2D eigenvalue weighted by Gasteiger charge is 2.30. The van der Waals surface area contributed by atoms with Gasteiger partial charge in [0.15, 0.2) is 0 Å². The Bertz CT molecular complexity index is 971. The summed E-state index contributed by atoms with van der Waals surface area (Å²) in [5, 5.41) is 3.91. The van der Waals surface area contributed by atoms with Gasteiger partial charge < -0.3 is 20.1 Å². The van der Waals surface area contributed by atoms with Crippen molar-refractivity contribution in [1.82, 2.24) is 20.1 Å². The van der Waals surface area contributed by atoms with Crippen LogP contribution in [0.1, 0.15) is 57.4 Å². The number of fused-ring (bicyclic) bond motifs is 1. The molecule has 0 radical (unpaired) electrons. The van der Waals surface area contributed by atoms with Crippen LogP contribution < -0.4 is 5.32 Å². The summed E-state index contributed by atoms with van der Waals surface area (Å²) in [5.74, 6) is 0.618. The lowest BCUT2D eigenvalue weighted by Crippen LogP contribution is -2.56. The van der Waals surface area contributed by atoms with Gasteiger partial charge in [-0.15, -0.1) is 0 Å². The first-order valence-electron chi connectivity index (χ1n) is 12.4. The highest BCUT2D eigenvalue weighted by molar-refractivity contribution is 5.89. The van der Waals surface area contributed by atoms with Crippen LogP contribution in [0.5, 0.6) is 0 Å². The molecule has 1 unspecified atom stereocenters. The van der Waals surface area contributed by atoms with E-state index in [9.17, 15) is 14.4 Å². The predicted molar refractivity (Wildman–Crippen MR) is 129 cm³/mol. The standard InChI is InChI=1S/C26H36N4O3/c1-19(31)28-24(17-21-18-27-23-10-6-5-9-22(21)23)26(33)30-15-13-29(14-16-30)25(32)12-11-20-7-3-2-4-8-20/h5-6,9-10,18,20,24,27H,2-4,7-8,11-17H2,1H3,(H,28,31). The maximum absolute atomic E-state index is 13.3. The fourth-order valence-corrected chi connectivity index (χ4v) is 5.32. The Balaban J connectivity index is 1.32. The van der Waals surface area contributed by atoms with E-state index in [1.54, 1.807) is 4.90 Å². The van der Waals surface area contributed by atoms with Crippen LogP contribution in [0, 0.1) is 5.92 Å². The van der Waals surface area contributed by atoms with Crippen LogP contribution in [-0.4, -0.2) is 64.7 Å². The monoisotopic (exact) mass is 452 g/mol. The number of aromatic nitrogens is 1. The van der Waals surface area contributed by atoms with E-state index in [1.165, 1.54) is 39.0 Å². The molecule has 0 spiro atoms. The van der Waals surface area contributed by atoms with E-state index in [1.807, 2.05) is 35.4 Å². The van der Waals surface area contributed by atoms with E-state index in [2.05, 4.69) is 10.3 Å². The molecule has 1 saturated carbocycles. The Kier molecular flexibility index (Phi) is 7.68. The molecule has 1 aliphatic carbocycles. The van der Waals surface area contributed by atoms with Gasteiger partial charge in [0.1, 0.15) is 6.04 Å². The first-order valence-corrected chi connectivity index (χ1v) is 12.4. The van der Waals surface area contributed by atoms with Gasteiger partial charge in [0.05, 0.1) is 0 Å². The zero-order chi connectivity index (χ0) is 23.2. The van der Waals surface area contributed by atoms with Crippen molar-refractivity contribution in [3.63, 3.8) is 0 Å². The molecule has 1 saturated heterocycles. The number of carbonyl (C=O) groups excluding carboxylic acids is 3. The van der Waals surface area contributed by atoms with Crippen LogP contribution in [0.4, 0.5) is 0 Å². The molecule has 7 nitrogen and oxygen atoms in total. The van der Waals surface area contributed by atoms with Gasteiger partial charge in [0.2, 0.25) is 17.7 Å². The third-order valence-electron chi connectivity index (χ3n) is 7.21. The maximum atomic E-state index is 13.3. The molecular formula is C26H36N4O3. The summed E-state index contributed by atoms with van der Waals surface area (Å²) < 4.78 is 0. The predicted octanol–water partition coefficient (Wildman–Crippen LogP) is 3.25. The summed E-state index contributed by atoms with van der Waals surface area (Å²) in [6, 6.07) is 7.34. The molecule has 1 aromatic heterocycles. The van der Waals surface area contributed by atoms with Gasteiger partial charge >= 0.3 is 0 Å². The van der Waals surface area contributed by atoms with Crippen LogP contribution in [0.3, 0.4) is 0 Å². The van der Waals surface area contributed by atoms with E-state index in [4.69, 9.17) is 0 Å². The Morgan fingerprint density at radius 2 is 1.73 bits per heavy atom. The minimum atomic E-state index is -0.616. The fraction of sp³-hybridized carbons (Fsp3) is 0.577. The smallest absolute Gasteiger partial charge is 0.245 e. The third-order valence-corrected chi connectivity index (χ3v) is 7.21. The molecule has 178 valence electrons. The Morgan fingerprint density at radius 1 is 1.03 bits per heavy atom. The second kappa shape index (κ2) is 10.9. The summed E-state index contributed by atoms with van der Waals surface area (Å²) in [6.07, 6.45) is 10.4. The number of hydrogen-bond donors (Lipinski definition) is 2. The van der Waals surface area contributed by atoms with Crippen molar-refractivity contribution >= 4 is 28.6 Å². The molecular weight excluding hydrogens is 416 g/mol. The number of piperazine rings is 1. The normalized spacial score (nSPS) is 18.3. The lowest BCUT2D eigenvalue weighted by atomic mass is 9.86. The molecule has 4 rings (SSSR count). The van der Waals surface area contributed by atoms with Crippen LogP contribution in [0.25, 0.3) is 10.9 Å². The number of H-pyrrole nitrogens is 1. The Hall–Kier alpha value is -2.83. The van der Waals surface area contributed by atoms with Crippen LogP contribution in [-0.2, 0) is 20.8 Å². The number of amides is 3. The molecule has 1 atom stereocenters. The topological polar surface area (TPSA) is 85.5 Å². The number of benzene rings is 1. The molecule has 7 heteroatoms. The Morgan fingerprint density at radius 3 is 2.45 bits per heavy atom. The molecule has 33 heavy (non-hydrogen) atoms. The van der Waals surface area contributed by atoms with E-state index >= 15 is 0 Å². The first kappa shape index (κ1) is 23.3. The first-order chi connectivity index (χ1) is 16.0. The van der Waals surface area contributed by atoms with Gasteiger partial charge in [-0.05, 0) is 24.0 Å². The lowest BCUT2D eigenvalue weighted by Gasteiger charge is -2.37. The van der Waals surface area contributed by atoms with Crippen molar-refractivity contribution in [2.45, 2.75) is 64.3 Å². The number of para-hydroxylation sites is 1. The van der Waals surface area contributed by atoms with Crippen molar-refractivity contribution in [2.24, 2.45) is 5.92 Å². The summed E-state index contributed by atoms with van der Waals surface area (Å²) in [5.41, 5.74) is 2.02. The lowest BCUT2D eigenvalue weighted by molar-refractivity contribution is -0.141. The van der Waals surface area contributed by atoms with Crippen LogP contribution >= 0.6 is 0 Å². The van der Waals surface area contributed by atoms with Gasteiger partial charge in [0, 0.05) is 63.0 Å². The molecule has 1 aliphatic heterocycles. The average Bonchev–Trinajstić information content (AvgIpc) is 3.25. The number of rotatable bonds is 7. The zero-order valence-electron chi connectivity index (χ0n) is 19.6.